The van der Waals surface area contributed by atoms with Crippen LogP contribution in [0.2, 0.25) is 0 Å². The van der Waals surface area contributed by atoms with Crippen molar-refractivity contribution in [2.45, 2.75) is 57.5 Å². The number of carbonyl (C=O) groups is 1. The molecule has 19 heavy (non-hydrogen) atoms. The summed E-state index contributed by atoms with van der Waals surface area (Å²) in [6.45, 7) is 4.41. The molecular formula is C15H29N3O. The molecule has 0 aromatic heterocycles. The van der Waals surface area contributed by atoms with Gasteiger partial charge in [0.25, 0.3) is 0 Å². The van der Waals surface area contributed by atoms with E-state index < -0.39 is 0 Å². The zero-order valence-corrected chi connectivity index (χ0v) is 12.4. The largest absolute Gasteiger partial charge is 0.353 e. The van der Waals surface area contributed by atoms with E-state index in [0.29, 0.717) is 30.3 Å². The van der Waals surface area contributed by atoms with Crippen LogP contribution >= 0.6 is 0 Å². The minimum absolute atomic E-state index is 0.252. The van der Waals surface area contributed by atoms with Crippen LogP contribution in [0.3, 0.4) is 0 Å². The lowest BCUT2D eigenvalue weighted by Crippen LogP contribution is -2.49. The summed E-state index contributed by atoms with van der Waals surface area (Å²) in [4.78, 5) is 14.5. The highest BCUT2D eigenvalue weighted by atomic mass is 16.1. The fraction of sp³-hybridized carbons (Fsp3) is 0.933. The molecule has 2 rings (SSSR count). The molecule has 1 saturated heterocycles. The lowest BCUT2D eigenvalue weighted by atomic mass is 9.84. The molecule has 1 heterocycles. The molecule has 2 fully saturated rings. The summed E-state index contributed by atoms with van der Waals surface area (Å²) in [6.07, 6.45) is 6.20. The molecule has 4 heteroatoms. The van der Waals surface area contributed by atoms with E-state index in [1.807, 2.05) is 0 Å². The van der Waals surface area contributed by atoms with Gasteiger partial charge in [-0.15, -0.1) is 0 Å². The van der Waals surface area contributed by atoms with Gasteiger partial charge in [0.05, 0.1) is 0 Å². The summed E-state index contributed by atoms with van der Waals surface area (Å²) >= 11 is 0. The molecule has 2 aliphatic rings. The Hall–Kier alpha value is -0.610. The first-order valence-electron chi connectivity index (χ1n) is 7.78. The first-order valence-corrected chi connectivity index (χ1v) is 7.78. The van der Waals surface area contributed by atoms with Gasteiger partial charge in [0.15, 0.2) is 0 Å². The second-order valence-electron chi connectivity index (χ2n) is 6.69. The molecular weight excluding hydrogens is 238 g/mol. The van der Waals surface area contributed by atoms with E-state index in [-0.39, 0.29) is 5.91 Å². The molecule has 2 atom stereocenters. The van der Waals surface area contributed by atoms with Crippen LogP contribution in [0.1, 0.15) is 45.4 Å². The van der Waals surface area contributed by atoms with Crippen molar-refractivity contribution in [3.05, 3.63) is 0 Å². The minimum Gasteiger partial charge on any atom is -0.353 e. The smallest absolute Gasteiger partial charge is 0.220 e. The summed E-state index contributed by atoms with van der Waals surface area (Å²) < 4.78 is 0. The molecule has 1 aliphatic heterocycles. The average molecular weight is 267 g/mol. The standard InChI is InChI=1S/C15H29N3O/c1-11-10-18(2)8-7-14(11)17-15(19)9-12-3-5-13(16)6-4-12/h11-14H,3-10,16H2,1-2H3,(H,17,19). The van der Waals surface area contributed by atoms with Crippen molar-refractivity contribution < 1.29 is 4.79 Å². The van der Waals surface area contributed by atoms with Gasteiger partial charge in [0, 0.05) is 25.0 Å². The molecule has 0 aromatic rings. The molecule has 3 N–H and O–H groups in total. The monoisotopic (exact) mass is 267 g/mol. The van der Waals surface area contributed by atoms with Crippen molar-refractivity contribution in [3.63, 3.8) is 0 Å². The normalized spacial score (nSPS) is 37.0. The number of amides is 1. The van der Waals surface area contributed by atoms with Crippen molar-refractivity contribution in [1.29, 1.82) is 0 Å². The van der Waals surface area contributed by atoms with E-state index in [1.54, 1.807) is 0 Å². The average Bonchev–Trinajstić information content (AvgIpc) is 2.36. The number of hydrogen-bond donors (Lipinski definition) is 2. The summed E-state index contributed by atoms with van der Waals surface area (Å²) in [6, 6.07) is 0.739. The quantitative estimate of drug-likeness (QED) is 0.811. The topological polar surface area (TPSA) is 58.4 Å². The van der Waals surface area contributed by atoms with Gasteiger partial charge in [-0.2, -0.15) is 0 Å². The second kappa shape index (κ2) is 6.71. The minimum atomic E-state index is 0.252. The fourth-order valence-corrected chi connectivity index (χ4v) is 3.49. The predicted molar refractivity (Wildman–Crippen MR) is 77.8 cm³/mol. The van der Waals surface area contributed by atoms with Crippen LogP contribution in [-0.2, 0) is 4.79 Å². The number of piperidine rings is 1. The van der Waals surface area contributed by atoms with Crippen LogP contribution in [0.25, 0.3) is 0 Å². The number of likely N-dealkylation sites (tertiary alicyclic amines) is 1. The third-order valence-corrected chi connectivity index (χ3v) is 4.82. The molecule has 4 nitrogen and oxygen atoms in total. The van der Waals surface area contributed by atoms with Gasteiger partial charge in [0.1, 0.15) is 0 Å². The summed E-state index contributed by atoms with van der Waals surface area (Å²) in [5.74, 6) is 1.37. The molecule has 1 saturated carbocycles. The molecule has 1 aliphatic carbocycles. The van der Waals surface area contributed by atoms with Crippen LogP contribution in [0.15, 0.2) is 0 Å². The van der Waals surface area contributed by atoms with E-state index in [2.05, 4.69) is 24.2 Å². The van der Waals surface area contributed by atoms with E-state index in [1.165, 1.54) is 0 Å². The Balaban J connectivity index is 1.72. The Morgan fingerprint density at radius 3 is 2.58 bits per heavy atom. The predicted octanol–water partition coefficient (Wildman–Crippen LogP) is 1.35. The highest BCUT2D eigenvalue weighted by Crippen LogP contribution is 2.26. The Labute approximate surface area is 117 Å². The second-order valence-corrected chi connectivity index (χ2v) is 6.69. The van der Waals surface area contributed by atoms with Crippen molar-refractivity contribution in [2.75, 3.05) is 20.1 Å². The van der Waals surface area contributed by atoms with Gasteiger partial charge < -0.3 is 16.0 Å². The highest BCUT2D eigenvalue weighted by molar-refractivity contribution is 5.76. The van der Waals surface area contributed by atoms with E-state index in [0.717, 1.165) is 45.2 Å². The molecule has 1 amide bonds. The first-order chi connectivity index (χ1) is 9.04. The van der Waals surface area contributed by atoms with E-state index in [4.69, 9.17) is 5.73 Å². The Morgan fingerprint density at radius 1 is 1.26 bits per heavy atom. The zero-order chi connectivity index (χ0) is 13.8. The van der Waals surface area contributed by atoms with Crippen LogP contribution in [0, 0.1) is 11.8 Å². The maximum Gasteiger partial charge on any atom is 0.220 e. The summed E-state index contributed by atoms with van der Waals surface area (Å²) in [7, 11) is 2.15. The maximum atomic E-state index is 12.1. The number of hydrogen-bond acceptors (Lipinski definition) is 3. The van der Waals surface area contributed by atoms with Crippen LogP contribution < -0.4 is 11.1 Å². The Bertz CT molecular complexity index is 300. The van der Waals surface area contributed by atoms with Gasteiger partial charge in [-0.25, -0.2) is 0 Å². The number of rotatable bonds is 3. The molecule has 0 aromatic carbocycles. The molecule has 110 valence electrons. The molecule has 0 bridgehead atoms. The number of nitrogens with one attached hydrogen (secondary N) is 1. The SMILES string of the molecule is CC1CN(C)CCC1NC(=O)CC1CCC(N)CC1. The van der Waals surface area contributed by atoms with Crippen LogP contribution in [0.5, 0.6) is 0 Å². The van der Waals surface area contributed by atoms with Crippen LogP contribution in [0.4, 0.5) is 0 Å². The number of nitrogens with two attached hydrogens (primary N) is 1. The Kier molecular flexibility index (Phi) is 5.22. The van der Waals surface area contributed by atoms with Crippen LogP contribution in [-0.4, -0.2) is 43.0 Å². The summed E-state index contributed by atoms with van der Waals surface area (Å²) in [5, 5.41) is 3.25. The molecule has 2 unspecified atom stereocenters. The van der Waals surface area contributed by atoms with Gasteiger partial charge in [-0.1, -0.05) is 6.92 Å². The third-order valence-electron chi connectivity index (χ3n) is 4.82. The zero-order valence-electron chi connectivity index (χ0n) is 12.4. The highest BCUT2D eigenvalue weighted by Gasteiger charge is 2.27. The first kappa shape index (κ1) is 14.8. The van der Waals surface area contributed by atoms with Crippen molar-refractivity contribution >= 4 is 5.91 Å². The van der Waals surface area contributed by atoms with Gasteiger partial charge in [-0.3, -0.25) is 4.79 Å². The third kappa shape index (κ3) is 4.46. The van der Waals surface area contributed by atoms with Crippen molar-refractivity contribution in [2.24, 2.45) is 17.6 Å². The molecule has 0 radical (unpaired) electrons. The van der Waals surface area contributed by atoms with E-state index in [9.17, 15) is 4.79 Å². The fourth-order valence-electron chi connectivity index (χ4n) is 3.49. The van der Waals surface area contributed by atoms with Gasteiger partial charge in [0.2, 0.25) is 5.91 Å². The molecule has 0 spiro atoms. The number of carbonyl (C=O) groups excluding carboxylic acids is 1. The Morgan fingerprint density at radius 2 is 1.95 bits per heavy atom. The lowest BCUT2D eigenvalue weighted by molar-refractivity contribution is -0.123. The van der Waals surface area contributed by atoms with Crippen molar-refractivity contribution in [3.8, 4) is 0 Å². The van der Waals surface area contributed by atoms with Gasteiger partial charge in [-0.05, 0) is 57.5 Å². The van der Waals surface area contributed by atoms with E-state index >= 15 is 0 Å². The maximum absolute atomic E-state index is 12.1. The number of nitrogens with zero attached hydrogens (tertiary/aromatic N) is 1. The van der Waals surface area contributed by atoms with Crippen molar-refractivity contribution in [1.82, 2.24) is 10.2 Å². The van der Waals surface area contributed by atoms with Gasteiger partial charge >= 0.3 is 0 Å². The summed E-state index contributed by atoms with van der Waals surface area (Å²) in [5.41, 5.74) is 5.90. The lowest BCUT2D eigenvalue weighted by Gasteiger charge is -2.35.